The number of aromatic nitrogens is 2. The number of aliphatic hydroxyl groups excluding tert-OH is 2. The largest absolute Gasteiger partial charge is 0.498 e. The van der Waals surface area contributed by atoms with E-state index in [1.54, 1.807) is 12.4 Å². The van der Waals surface area contributed by atoms with Crippen LogP contribution >= 0.6 is 0 Å². The maximum atomic E-state index is 11.6. The number of nitrogens with zero attached hydrogens (tertiary/aromatic N) is 3. The van der Waals surface area contributed by atoms with Gasteiger partial charge in [-0.25, -0.2) is 9.97 Å². The van der Waals surface area contributed by atoms with Crippen LogP contribution in [0, 0.1) is 5.92 Å². The van der Waals surface area contributed by atoms with Crippen LogP contribution in [0.4, 0.5) is 5.95 Å². The lowest BCUT2D eigenvalue weighted by molar-refractivity contribution is -0.131. The van der Waals surface area contributed by atoms with Crippen LogP contribution in [0.2, 0.25) is 0 Å². The van der Waals surface area contributed by atoms with Gasteiger partial charge in [-0.2, -0.15) is 0 Å². The van der Waals surface area contributed by atoms with Gasteiger partial charge in [0.2, 0.25) is 5.95 Å². The monoisotopic (exact) mass is 392 g/mol. The molecule has 0 unspecified atom stereocenters. The first-order valence-electron chi connectivity index (χ1n) is 9.62. The van der Waals surface area contributed by atoms with Crippen LogP contribution in [0.15, 0.2) is 12.4 Å². The van der Waals surface area contributed by atoms with E-state index in [0.717, 1.165) is 18.4 Å². The molecule has 0 bridgehead atoms. The van der Waals surface area contributed by atoms with Crippen LogP contribution in [0.3, 0.4) is 0 Å². The SMILES string of the molecule is CC1(C)OB(c2cnc(N3CC[C@@H](CNC(=O)[C@H](O)CO)C3)nc2)OC1(C)C. The highest BCUT2D eigenvalue weighted by molar-refractivity contribution is 6.61. The van der Waals surface area contributed by atoms with Crippen molar-refractivity contribution in [2.45, 2.75) is 51.4 Å². The molecule has 2 fully saturated rings. The van der Waals surface area contributed by atoms with Gasteiger partial charge in [0, 0.05) is 37.5 Å². The van der Waals surface area contributed by atoms with Gasteiger partial charge in [-0.05, 0) is 40.0 Å². The molecule has 10 heteroatoms. The molecule has 9 nitrogen and oxygen atoms in total. The normalized spacial score (nSPS) is 24.4. The maximum absolute atomic E-state index is 11.6. The second kappa shape index (κ2) is 7.94. The van der Waals surface area contributed by atoms with Gasteiger partial charge in [0.15, 0.2) is 6.10 Å². The Morgan fingerprint density at radius 1 is 1.32 bits per heavy atom. The van der Waals surface area contributed by atoms with Crippen LogP contribution in [0.25, 0.3) is 0 Å². The summed E-state index contributed by atoms with van der Waals surface area (Å²) in [5.41, 5.74) is -0.0394. The Morgan fingerprint density at radius 2 is 1.93 bits per heavy atom. The van der Waals surface area contributed by atoms with E-state index in [2.05, 4.69) is 20.2 Å². The highest BCUT2D eigenvalue weighted by Crippen LogP contribution is 2.36. The zero-order chi connectivity index (χ0) is 20.5. The van der Waals surface area contributed by atoms with Gasteiger partial charge in [0.05, 0.1) is 17.8 Å². The summed E-state index contributed by atoms with van der Waals surface area (Å²) in [7, 11) is -0.487. The first kappa shape index (κ1) is 21.0. The van der Waals surface area contributed by atoms with Crippen molar-refractivity contribution in [3.05, 3.63) is 12.4 Å². The predicted molar refractivity (Wildman–Crippen MR) is 104 cm³/mol. The summed E-state index contributed by atoms with van der Waals surface area (Å²) in [6.07, 6.45) is 2.98. The summed E-state index contributed by atoms with van der Waals surface area (Å²) >= 11 is 0. The predicted octanol–water partition coefficient (Wildman–Crippen LogP) is -0.928. The van der Waals surface area contributed by atoms with Crippen molar-refractivity contribution in [1.29, 1.82) is 0 Å². The molecule has 0 saturated carbocycles. The maximum Gasteiger partial charge on any atom is 0.498 e. The molecule has 0 aromatic carbocycles. The fourth-order valence-electron chi connectivity index (χ4n) is 3.22. The van der Waals surface area contributed by atoms with E-state index in [4.69, 9.17) is 14.4 Å². The molecular weight excluding hydrogens is 363 g/mol. The molecular formula is C18H29BN4O5. The molecule has 3 heterocycles. The molecule has 0 spiro atoms. The van der Waals surface area contributed by atoms with E-state index in [1.165, 1.54) is 0 Å². The average Bonchev–Trinajstić information content (AvgIpc) is 3.21. The van der Waals surface area contributed by atoms with Gasteiger partial charge in [-0.15, -0.1) is 0 Å². The van der Waals surface area contributed by atoms with E-state index in [-0.39, 0.29) is 5.92 Å². The molecule has 28 heavy (non-hydrogen) atoms. The smallest absolute Gasteiger partial charge is 0.399 e. The standard InChI is InChI=1S/C18H29BN4O5/c1-17(2)18(3,4)28-19(27-17)13-8-21-16(22-9-13)23-6-5-12(10-23)7-20-15(26)14(25)11-24/h8-9,12,14,24-25H,5-7,10-11H2,1-4H3,(H,20,26)/t12-,14+/m0/s1. The third kappa shape index (κ3) is 4.30. The minimum absolute atomic E-state index is 0.237. The summed E-state index contributed by atoms with van der Waals surface area (Å²) in [6.45, 7) is 9.39. The molecule has 0 aliphatic carbocycles. The Hall–Kier alpha value is -1.75. The van der Waals surface area contributed by atoms with Crippen LogP contribution in [0.5, 0.6) is 0 Å². The molecule has 2 atom stereocenters. The first-order chi connectivity index (χ1) is 13.1. The molecule has 3 rings (SSSR count). The third-order valence-corrected chi connectivity index (χ3v) is 5.79. The van der Waals surface area contributed by atoms with Crippen LogP contribution in [-0.2, 0) is 14.1 Å². The summed E-state index contributed by atoms with van der Waals surface area (Å²) in [4.78, 5) is 22.5. The molecule has 0 radical (unpaired) electrons. The van der Waals surface area contributed by atoms with E-state index in [9.17, 15) is 9.90 Å². The average molecular weight is 392 g/mol. The van der Waals surface area contributed by atoms with E-state index in [0.29, 0.717) is 19.0 Å². The number of hydrogen-bond acceptors (Lipinski definition) is 8. The molecule has 1 amide bonds. The van der Waals surface area contributed by atoms with Gasteiger partial charge < -0.3 is 29.7 Å². The fourth-order valence-corrected chi connectivity index (χ4v) is 3.22. The lowest BCUT2D eigenvalue weighted by atomic mass is 9.81. The number of amides is 1. The molecule has 154 valence electrons. The number of rotatable bonds is 6. The zero-order valence-corrected chi connectivity index (χ0v) is 16.9. The molecule has 2 aliphatic heterocycles. The number of aliphatic hydroxyl groups is 2. The Balaban J connectivity index is 1.54. The summed E-state index contributed by atoms with van der Waals surface area (Å²) in [5, 5.41) is 20.8. The number of carbonyl (C=O) groups is 1. The second-order valence-corrected chi connectivity index (χ2v) is 8.45. The van der Waals surface area contributed by atoms with Gasteiger partial charge in [0.1, 0.15) is 0 Å². The number of anilines is 1. The molecule has 1 aromatic rings. The van der Waals surface area contributed by atoms with Crippen molar-refractivity contribution < 1.29 is 24.3 Å². The Labute approximate surface area is 165 Å². The topological polar surface area (TPSA) is 117 Å². The van der Waals surface area contributed by atoms with Gasteiger partial charge in [-0.1, -0.05) is 0 Å². The Kier molecular flexibility index (Phi) is 5.95. The van der Waals surface area contributed by atoms with E-state index < -0.39 is 36.9 Å². The molecule has 2 saturated heterocycles. The number of hydrogen-bond donors (Lipinski definition) is 3. The van der Waals surface area contributed by atoms with Crippen molar-refractivity contribution in [2.24, 2.45) is 5.92 Å². The number of nitrogens with one attached hydrogen (secondary N) is 1. The lowest BCUT2D eigenvalue weighted by Gasteiger charge is -2.32. The van der Waals surface area contributed by atoms with E-state index >= 15 is 0 Å². The van der Waals surface area contributed by atoms with Gasteiger partial charge >= 0.3 is 7.12 Å². The minimum Gasteiger partial charge on any atom is -0.399 e. The first-order valence-corrected chi connectivity index (χ1v) is 9.62. The van der Waals surface area contributed by atoms with E-state index in [1.807, 2.05) is 27.7 Å². The van der Waals surface area contributed by atoms with Crippen LogP contribution in [-0.4, -0.2) is 76.8 Å². The van der Waals surface area contributed by atoms with Crippen molar-refractivity contribution in [3.63, 3.8) is 0 Å². The van der Waals surface area contributed by atoms with Crippen molar-refractivity contribution in [3.8, 4) is 0 Å². The van der Waals surface area contributed by atoms with Crippen molar-refractivity contribution in [2.75, 3.05) is 31.1 Å². The quantitative estimate of drug-likeness (QED) is 0.532. The second-order valence-electron chi connectivity index (χ2n) is 8.45. The van der Waals surface area contributed by atoms with Gasteiger partial charge in [0.25, 0.3) is 5.91 Å². The molecule has 1 aromatic heterocycles. The number of carbonyl (C=O) groups excluding carboxylic acids is 1. The van der Waals surface area contributed by atoms with Crippen molar-refractivity contribution >= 4 is 24.4 Å². The summed E-state index contributed by atoms with van der Waals surface area (Å²) < 4.78 is 12.0. The minimum atomic E-state index is -1.37. The fraction of sp³-hybridized carbons (Fsp3) is 0.722. The van der Waals surface area contributed by atoms with Crippen LogP contribution < -0.4 is 15.7 Å². The molecule has 2 aliphatic rings. The highest BCUT2D eigenvalue weighted by Gasteiger charge is 2.52. The highest BCUT2D eigenvalue weighted by atomic mass is 16.7. The summed E-state index contributed by atoms with van der Waals surface area (Å²) in [6, 6.07) is 0. The Bertz CT molecular complexity index is 684. The Morgan fingerprint density at radius 3 is 2.50 bits per heavy atom. The molecule has 3 N–H and O–H groups in total. The summed E-state index contributed by atoms with van der Waals surface area (Å²) in [5.74, 6) is 0.315. The third-order valence-electron chi connectivity index (χ3n) is 5.79. The zero-order valence-electron chi connectivity index (χ0n) is 16.9. The van der Waals surface area contributed by atoms with Gasteiger partial charge in [-0.3, -0.25) is 4.79 Å². The van der Waals surface area contributed by atoms with Crippen molar-refractivity contribution in [1.82, 2.24) is 15.3 Å². The van der Waals surface area contributed by atoms with Crippen LogP contribution in [0.1, 0.15) is 34.1 Å². The lowest BCUT2D eigenvalue weighted by Crippen LogP contribution is -2.41.